The van der Waals surface area contributed by atoms with Gasteiger partial charge in [0.2, 0.25) is 11.8 Å². The first-order chi connectivity index (χ1) is 17.8. The maximum absolute atomic E-state index is 14.8. The van der Waals surface area contributed by atoms with E-state index in [0.717, 1.165) is 31.7 Å². The van der Waals surface area contributed by atoms with Gasteiger partial charge in [0.05, 0.1) is 12.1 Å². The summed E-state index contributed by atoms with van der Waals surface area (Å²) in [5, 5.41) is 6.70. The van der Waals surface area contributed by atoms with Crippen LogP contribution in [0.25, 0.3) is 12.2 Å². The number of rotatable bonds is 9. The molecule has 2 heterocycles. The molecule has 1 saturated carbocycles. The third kappa shape index (κ3) is 6.73. The average Bonchev–Trinajstić information content (AvgIpc) is 2.90. The van der Waals surface area contributed by atoms with Crippen molar-refractivity contribution in [2.24, 2.45) is 0 Å². The number of halogens is 2. The Balaban J connectivity index is 1.45. The molecule has 0 saturated heterocycles. The van der Waals surface area contributed by atoms with Crippen LogP contribution in [0, 0.1) is 5.82 Å². The Labute approximate surface area is 220 Å². The Kier molecular flexibility index (Phi) is 8.57. The van der Waals surface area contributed by atoms with E-state index >= 15 is 0 Å². The summed E-state index contributed by atoms with van der Waals surface area (Å²) in [6.45, 7) is 0. The molecule has 196 valence electrons. The quantitative estimate of drug-likeness (QED) is 0.357. The Morgan fingerprint density at radius 3 is 2.41 bits per heavy atom. The summed E-state index contributed by atoms with van der Waals surface area (Å²) in [5.41, 5.74) is 1.000. The second-order valence-corrected chi connectivity index (χ2v) is 10.7. The maximum Gasteiger partial charge on any atom is 0.264 e. The molecule has 0 amide bonds. The minimum Gasteiger partial charge on any atom is -0.481 e. The smallest absolute Gasteiger partial charge is 0.264 e. The van der Waals surface area contributed by atoms with Crippen LogP contribution in [0.3, 0.4) is 0 Å². The van der Waals surface area contributed by atoms with Crippen molar-refractivity contribution in [2.45, 2.75) is 42.7 Å². The van der Waals surface area contributed by atoms with Gasteiger partial charge < -0.3 is 15.4 Å². The van der Waals surface area contributed by atoms with E-state index in [0.29, 0.717) is 29.2 Å². The van der Waals surface area contributed by atoms with Crippen molar-refractivity contribution in [1.29, 1.82) is 0 Å². The van der Waals surface area contributed by atoms with Gasteiger partial charge in [-0.05, 0) is 57.0 Å². The normalized spacial score (nSPS) is 18.1. The van der Waals surface area contributed by atoms with Crippen LogP contribution in [0.15, 0.2) is 47.6 Å². The van der Waals surface area contributed by atoms with Crippen molar-refractivity contribution in [3.63, 3.8) is 0 Å². The fourth-order valence-electron chi connectivity index (χ4n) is 4.08. The van der Waals surface area contributed by atoms with Crippen molar-refractivity contribution in [1.82, 2.24) is 20.3 Å². The molecule has 3 aromatic rings. The molecule has 9 nitrogen and oxygen atoms in total. The number of hydrogen-bond acceptors (Lipinski definition) is 8. The van der Waals surface area contributed by atoms with E-state index in [2.05, 4.69) is 30.3 Å². The number of aromatic nitrogens is 3. The molecule has 0 aliphatic heterocycles. The molecular weight excluding hydrogens is 519 g/mol. The zero-order chi connectivity index (χ0) is 26.4. The van der Waals surface area contributed by atoms with Gasteiger partial charge in [-0.15, -0.1) is 0 Å². The highest BCUT2D eigenvalue weighted by atomic mass is 35.5. The zero-order valence-corrected chi connectivity index (χ0v) is 22.0. The minimum absolute atomic E-state index is 0.00605. The number of nitrogens with one attached hydrogen (secondary N) is 3. The fourth-order valence-corrected chi connectivity index (χ4v) is 5.61. The molecular formula is C25H28ClFN6O3S. The van der Waals surface area contributed by atoms with Crippen molar-refractivity contribution in [3.05, 3.63) is 64.7 Å². The number of hydrogen-bond donors (Lipinski definition) is 3. The third-order valence-corrected chi connectivity index (χ3v) is 7.95. The highest BCUT2D eigenvalue weighted by molar-refractivity contribution is 7.92. The highest BCUT2D eigenvalue weighted by Crippen LogP contribution is 2.28. The van der Waals surface area contributed by atoms with Gasteiger partial charge in [-0.3, -0.25) is 4.72 Å². The molecule has 37 heavy (non-hydrogen) atoms. The molecule has 0 bridgehead atoms. The molecule has 0 radical (unpaired) electrons. The van der Waals surface area contributed by atoms with Crippen molar-refractivity contribution in [2.75, 3.05) is 24.2 Å². The van der Waals surface area contributed by atoms with Gasteiger partial charge in [-0.25, -0.2) is 22.8 Å². The zero-order valence-electron chi connectivity index (χ0n) is 20.4. The number of anilines is 2. The highest BCUT2D eigenvalue weighted by Gasteiger charge is 2.22. The van der Waals surface area contributed by atoms with E-state index in [4.69, 9.17) is 16.3 Å². The number of pyridine rings is 1. The van der Waals surface area contributed by atoms with Crippen LogP contribution in [0.2, 0.25) is 5.02 Å². The molecule has 1 aliphatic rings. The molecule has 12 heteroatoms. The second kappa shape index (κ2) is 11.8. The molecule has 1 aromatic carbocycles. The molecule has 0 spiro atoms. The standard InChI is InChI=1S/C25H28ClFN6O3S/c1-28-18-9-11-19(12-10-18)31-25-29-14-16(15-30-25)7-8-17-13-21(27)23(32-24(17)36-2)33-37(34,35)22-6-4-3-5-20(22)26/h3-8,13-15,18-19,28H,9-12H2,1-2H3,(H,32,33)(H,29,30,31)/b8-7+/t18-,19-. The summed E-state index contributed by atoms with van der Waals surface area (Å²) >= 11 is 5.98. The lowest BCUT2D eigenvalue weighted by Gasteiger charge is -2.28. The van der Waals surface area contributed by atoms with Crippen LogP contribution in [-0.2, 0) is 10.0 Å². The van der Waals surface area contributed by atoms with Gasteiger partial charge in [0, 0.05) is 35.6 Å². The van der Waals surface area contributed by atoms with Crippen molar-refractivity contribution < 1.29 is 17.5 Å². The van der Waals surface area contributed by atoms with Gasteiger partial charge in [-0.1, -0.05) is 29.8 Å². The van der Waals surface area contributed by atoms with Crippen LogP contribution < -0.4 is 20.1 Å². The number of nitrogens with zero attached hydrogens (tertiary/aromatic N) is 3. The van der Waals surface area contributed by atoms with Gasteiger partial charge in [0.15, 0.2) is 11.6 Å². The molecule has 0 atom stereocenters. The summed E-state index contributed by atoms with van der Waals surface area (Å²) < 4.78 is 47.5. The SMILES string of the molecule is CN[C@H]1CC[C@H](Nc2ncc(/C=C/c3cc(F)c(NS(=O)(=O)c4ccccc4Cl)nc3OC)cn2)CC1. The van der Waals surface area contributed by atoms with Crippen molar-refractivity contribution >= 4 is 45.5 Å². The number of ether oxygens (including phenoxy) is 1. The minimum atomic E-state index is -4.16. The van der Waals surface area contributed by atoms with E-state index in [9.17, 15) is 12.8 Å². The summed E-state index contributed by atoms with van der Waals surface area (Å²) in [7, 11) is -0.812. The average molecular weight is 547 g/mol. The molecule has 4 rings (SSSR count). The largest absolute Gasteiger partial charge is 0.481 e. The van der Waals surface area contributed by atoms with Crippen LogP contribution >= 0.6 is 11.6 Å². The first kappa shape index (κ1) is 26.8. The van der Waals surface area contributed by atoms with E-state index in [1.54, 1.807) is 30.6 Å². The van der Waals surface area contributed by atoms with Gasteiger partial charge in [0.25, 0.3) is 10.0 Å². The lowest BCUT2D eigenvalue weighted by atomic mass is 9.91. The topological polar surface area (TPSA) is 118 Å². The Morgan fingerprint density at radius 1 is 1.08 bits per heavy atom. The van der Waals surface area contributed by atoms with E-state index in [1.165, 1.54) is 25.3 Å². The predicted octanol–water partition coefficient (Wildman–Crippen LogP) is 4.59. The van der Waals surface area contributed by atoms with Crippen LogP contribution in [0.5, 0.6) is 5.88 Å². The molecule has 1 fully saturated rings. The maximum atomic E-state index is 14.8. The number of methoxy groups -OCH3 is 1. The summed E-state index contributed by atoms with van der Waals surface area (Å²) in [5.74, 6) is -0.785. The monoisotopic (exact) mass is 546 g/mol. The third-order valence-electron chi connectivity index (χ3n) is 6.12. The van der Waals surface area contributed by atoms with Crippen LogP contribution in [0.1, 0.15) is 36.8 Å². The molecule has 1 aliphatic carbocycles. The van der Waals surface area contributed by atoms with E-state index < -0.39 is 21.7 Å². The Bertz CT molecular complexity index is 1360. The summed E-state index contributed by atoms with van der Waals surface area (Å²) in [6, 6.07) is 7.89. The van der Waals surface area contributed by atoms with Crippen LogP contribution in [0.4, 0.5) is 16.2 Å². The first-order valence-electron chi connectivity index (χ1n) is 11.7. The Hall–Kier alpha value is -3.28. The molecule has 2 aromatic heterocycles. The summed E-state index contributed by atoms with van der Waals surface area (Å²) in [4.78, 5) is 12.6. The van der Waals surface area contributed by atoms with Gasteiger partial charge in [-0.2, -0.15) is 4.98 Å². The number of sulfonamides is 1. The Morgan fingerprint density at radius 2 is 1.76 bits per heavy atom. The molecule has 0 unspecified atom stereocenters. The summed E-state index contributed by atoms with van der Waals surface area (Å²) in [6.07, 6.45) is 10.9. The van der Waals surface area contributed by atoms with Gasteiger partial charge >= 0.3 is 0 Å². The van der Waals surface area contributed by atoms with E-state index in [-0.39, 0.29) is 15.8 Å². The lowest BCUT2D eigenvalue weighted by Crippen LogP contribution is -2.35. The van der Waals surface area contributed by atoms with Crippen molar-refractivity contribution in [3.8, 4) is 5.88 Å². The predicted molar refractivity (Wildman–Crippen MR) is 143 cm³/mol. The number of benzene rings is 1. The second-order valence-electron chi connectivity index (χ2n) is 8.61. The molecule has 3 N–H and O–H groups in total. The first-order valence-corrected chi connectivity index (χ1v) is 13.6. The fraction of sp³-hybridized carbons (Fsp3) is 0.320. The van der Waals surface area contributed by atoms with Gasteiger partial charge in [0.1, 0.15) is 4.90 Å². The van der Waals surface area contributed by atoms with E-state index in [1.807, 2.05) is 7.05 Å². The van der Waals surface area contributed by atoms with Crippen LogP contribution in [-0.4, -0.2) is 49.6 Å². The lowest BCUT2D eigenvalue weighted by molar-refractivity contribution is 0.370.